The van der Waals surface area contributed by atoms with Crippen molar-refractivity contribution in [2.45, 2.75) is 25.8 Å². The van der Waals surface area contributed by atoms with Gasteiger partial charge >= 0.3 is 0 Å². The van der Waals surface area contributed by atoms with E-state index in [2.05, 4.69) is 22.3 Å². The van der Waals surface area contributed by atoms with Crippen LogP contribution in [0.1, 0.15) is 35.4 Å². The van der Waals surface area contributed by atoms with Gasteiger partial charge in [-0.1, -0.05) is 35.9 Å². The van der Waals surface area contributed by atoms with Crippen LogP contribution in [0.5, 0.6) is 0 Å². The van der Waals surface area contributed by atoms with E-state index < -0.39 is 5.91 Å². The number of nitrogens with one attached hydrogen (secondary N) is 1. The lowest BCUT2D eigenvalue weighted by atomic mass is 10.1. The molecule has 38 heavy (non-hydrogen) atoms. The van der Waals surface area contributed by atoms with Crippen LogP contribution >= 0.6 is 11.6 Å². The average molecular weight is 537 g/mol. The van der Waals surface area contributed by atoms with Gasteiger partial charge in [0.1, 0.15) is 0 Å². The number of fused-ring (bicyclic) bond motifs is 1. The summed E-state index contributed by atoms with van der Waals surface area (Å²) in [7, 11) is 0. The maximum absolute atomic E-state index is 12.8. The Kier molecular flexibility index (Phi) is 7.64. The van der Waals surface area contributed by atoms with Gasteiger partial charge in [-0.2, -0.15) is 0 Å². The number of hydrogen-bond donors (Lipinski definition) is 1. The summed E-state index contributed by atoms with van der Waals surface area (Å²) in [5, 5.41) is 3.07. The van der Waals surface area contributed by atoms with Gasteiger partial charge in [-0.05, 0) is 36.6 Å². The molecule has 2 aliphatic heterocycles. The number of piperidine rings is 1. The Morgan fingerprint density at radius 2 is 1.74 bits per heavy atom. The van der Waals surface area contributed by atoms with Crippen LogP contribution in [-0.4, -0.2) is 66.8 Å². The van der Waals surface area contributed by atoms with E-state index in [4.69, 9.17) is 16.0 Å². The fraction of sp³-hybridized carbons (Fsp3) is 0.357. The molecule has 0 bridgehead atoms. The highest BCUT2D eigenvalue weighted by atomic mass is 35.5. The number of rotatable bonds is 6. The fourth-order valence-electron chi connectivity index (χ4n) is 4.99. The van der Waals surface area contributed by atoms with Crippen LogP contribution in [0.15, 0.2) is 57.7 Å². The highest BCUT2D eigenvalue weighted by molar-refractivity contribution is 6.34. The standard InChI is InChI=1S/C28H29ClN4O5/c29-21-8-5-7-20-23(34)16-24(38-27(20)21)28(37)30-17-26(36)32-14-12-31(13-15-32)22-9-2-1-6-19(22)18-33-11-4-3-10-25(33)35/h1-2,5-9,16H,3-4,10-15,17-18H2,(H,30,37). The van der Waals surface area contributed by atoms with Gasteiger partial charge < -0.3 is 24.4 Å². The van der Waals surface area contributed by atoms with Gasteiger partial charge in [0.2, 0.25) is 11.8 Å². The predicted octanol–water partition coefficient (Wildman–Crippen LogP) is 3.04. The zero-order valence-electron chi connectivity index (χ0n) is 21.0. The topological polar surface area (TPSA) is 103 Å². The van der Waals surface area contributed by atoms with Crippen LogP contribution in [-0.2, 0) is 16.1 Å². The van der Waals surface area contributed by atoms with Crippen molar-refractivity contribution in [3.05, 3.63) is 75.1 Å². The lowest BCUT2D eigenvalue weighted by molar-refractivity contribution is -0.134. The molecule has 3 amide bonds. The smallest absolute Gasteiger partial charge is 0.287 e. The molecule has 3 aromatic rings. The van der Waals surface area contributed by atoms with E-state index >= 15 is 0 Å². The van der Waals surface area contributed by atoms with E-state index in [-0.39, 0.29) is 45.5 Å². The monoisotopic (exact) mass is 536 g/mol. The Morgan fingerprint density at radius 3 is 2.53 bits per heavy atom. The quantitative estimate of drug-likeness (QED) is 0.519. The van der Waals surface area contributed by atoms with Crippen LogP contribution < -0.4 is 15.6 Å². The average Bonchev–Trinajstić information content (AvgIpc) is 2.93. The van der Waals surface area contributed by atoms with E-state index in [1.165, 1.54) is 0 Å². The predicted molar refractivity (Wildman–Crippen MR) is 144 cm³/mol. The largest absolute Gasteiger partial charge is 0.449 e. The van der Waals surface area contributed by atoms with E-state index in [0.717, 1.165) is 36.7 Å². The second kappa shape index (κ2) is 11.3. The summed E-state index contributed by atoms with van der Waals surface area (Å²) < 4.78 is 5.55. The number of anilines is 1. The molecule has 10 heteroatoms. The maximum atomic E-state index is 12.8. The molecule has 1 N–H and O–H groups in total. The third kappa shape index (κ3) is 5.52. The number of halogens is 1. The lowest BCUT2D eigenvalue weighted by Crippen LogP contribution is -2.51. The van der Waals surface area contributed by atoms with Crippen LogP contribution in [0.25, 0.3) is 11.0 Å². The minimum atomic E-state index is -0.655. The van der Waals surface area contributed by atoms with Crippen molar-refractivity contribution in [1.82, 2.24) is 15.1 Å². The number of hydrogen-bond acceptors (Lipinski definition) is 6. The van der Waals surface area contributed by atoms with E-state index in [1.54, 1.807) is 23.1 Å². The van der Waals surface area contributed by atoms with Crippen LogP contribution in [0, 0.1) is 0 Å². The molecule has 3 heterocycles. The first-order chi connectivity index (χ1) is 18.4. The summed E-state index contributed by atoms with van der Waals surface area (Å²) >= 11 is 6.11. The van der Waals surface area contributed by atoms with Gasteiger partial charge in [0.25, 0.3) is 5.91 Å². The van der Waals surface area contributed by atoms with E-state index in [0.29, 0.717) is 39.1 Å². The van der Waals surface area contributed by atoms with Crippen molar-refractivity contribution in [1.29, 1.82) is 0 Å². The SMILES string of the molecule is O=C(NCC(=O)N1CCN(c2ccccc2CN2CCCCC2=O)CC1)c1cc(=O)c2cccc(Cl)c2o1. The molecule has 2 saturated heterocycles. The van der Waals surface area contributed by atoms with Crippen molar-refractivity contribution in [3.63, 3.8) is 0 Å². The van der Waals surface area contributed by atoms with Crippen LogP contribution in [0.2, 0.25) is 5.02 Å². The molecule has 9 nitrogen and oxygen atoms in total. The number of amides is 3. The molecular formula is C28H29ClN4O5. The fourth-order valence-corrected chi connectivity index (χ4v) is 5.21. The molecule has 0 atom stereocenters. The second-order valence-electron chi connectivity index (χ2n) is 9.54. The second-order valence-corrected chi connectivity index (χ2v) is 9.95. The van der Waals surface area contributed by atoms with Crippen molar-refractivity contribution >= 4 is 46.0 Å². The molecule has 0 aliphatic carbocycles. The first kappa shape index (κ1) is 25.8. The van der Waals surface area contributed by atoms with Gasteiger partial charge in [0.15, 0.2) is 16.8 Å². The summed E-state index contributed by atoms with van der Waals surface area (Å²) in [6, 6.07) is 14.0. The third-order valence-corrected chi connectivity index (χ3v) is 7.38. The Bertz CT molecular complexity index is 1430. The lowest BCUT2D eigenvalue weighted by Gasteiger charge is -2.37. The zero-order valence-corrected chi connectivity index (χ0v) is 21.7. The molecule has 0 radical (unpaired) electrons. The minimum Gasteiger partial charge on any atom is -0.449 e. The Labute approximate surface area is 224 Å². The third-order valence-electron chi connectivity index (χ3n) is 7.08. The molecule has 2 aromatic carbocycles. The molecule has 198 valence electrons. The number of carbonyl (C=O) groups is 3. The molecule has 1 aromatic heterocycles. The van der Waals surface area contributed by atoms with Crippen molar-refractivity contribution in [3.8, 4) is 0 Å². The van der Waals surface area contributed by atoms with E-state index in [1.807, 2.05) is 17.0 Å². The summed E-state index contributed by atoms with van der Waals surface area (Å²) in [4.78, 5) is 55.9. The molecule has 0 spiro atoms. The summed E-state index contributed by atoms with van der Waals surface area (Å²) in [6.07, 6.45) is 2.60. The van der Waals surface area contributed by atoms with Gasteiger partial charge in [-0.3, -0.25) is 19.2 Å². The highest BCUT2D eigenvalue weighted by Gasteiger charge is 2.25. The van der Waals surface area contributed by atoms with E-state index in [9.17, 15) is 19.2 Å². The van der Waals surface area contributed by atoms with Crippen LogP contribution in [0.3, 0.4) is 0 Å². The number of para-hydroxylation sites is 2. The Balaban J connectivity index is 1.17. The number of likely N-dealkylation sites (tertiary alicyclic amines) is 1. The first-order valence-corrected chi connectivity index (χ1v) is 13.2. The molecule has 5 rings (SSSR count). The van der Waals surface area contributed by atoms with Crippen molar-refractivity contribution in [2.24, 2.45) is 0 Å². The molecular weight excluding hydrogens is 508 g/mol. The normalized spacial score (nSPS) is 16.1. The molecule has 0 unspecified atom stereocenters. The maximum Gasteiger partial charge on any atom is 0.287 e. The first-order valence-electron chi connectivity index (χ1n) is 12.8. The summed E-state index contributed by atoms with van der Waals surface area (Å²) in [5.74, 6) is -0.866. The van der Waals surface area contributed by atoms with Gasteiger partial charge in [-0.15, -0.1) is 0 Å². The number of nitrogens with zero attached hydrogens (tertiary/aromatic N) is 3. The Morgan fingerprint density at radius 1 is 0.947 bits per heavy atom. The summed E-state index contributed by atoms with van der Waals surface area (Å²) in [5.41, 5.74) is 1.94. The van der Waals surface area contributed by atoms with Gasteiger partial charge in [0, 0.05) is 57.4 Å². The van der Waals surface area contributed by atoms with Gasteiger partial charge in [-0.25, -0.2) is 0 Å². The highest BCUT2D eigenvalue weighted by Crippen LogP contribution is 2.25. The van der Waals surface area contributed by atoms with Crippen molar-refractivity contribution in [2.75, 3.05) is 44.2 Å². The Hall–Kier alpha value is -3.85. The minimum absolute atomic E-state index is 0.138. The molecule has 0 saturated carbocycles. The van der Waals surface area contributed by atoms with Gasteiger partial charge in [0.05, 0.1) is 17.0 Å². The number of benzene rings is 2. The zero-order chi connectivity index (χ0) is 26.6. The number of carbonyl (C=O) groups excluding carboxylic acids is 3. The molecule has 2 fully saturated rings. The van der Waals surface area contributed by atoms with Crippen LogP contribution in [0.4, 0.5) is 5.69 Å². The number of piperazine rings is 1. The molecule has 2 aliphatic rings. The van der Waals surface area contributed by atoms with Crippen molar-refractivity contribution < 1.29 is 18.8 Å². The summed E-state index contributed by atoms with van der Waals surface area (Å²) in [6.45, 7) is 3.47.